The fraction of sp³-hybridized carbons (Fsp3) is 0.400. The molecule has 0 bridgehead atoms. The predicted molar refractivity (Wildman–Crippen MR) is 56.5 cm³/mol. The van der Waals surface area contributed by atoms with Crippen LogP contribution in [0.5, 0.6) is 0 Å². The Kier molecular flexibility index (Phi) is 4.77. The van der Waals surface area contributed by atoms with Crippen molar-refractivity contribution >= 4 is 9.84 Å². The van der Waals surface area contributed by atoms with Crippen LogP contribution in [-0.4, -0.2) is 39.9 Å². The minimum Gasteiger partial charge on any atom is -1.00 e. The highest BCUT2D eigenvalue weighted by molar-refractivity contribution is 7.91. The van der Waals surface area contributed by atoms with E-state index >= 15 is 0 Å². The van der Waals surface area contributed by atoms with Crippen molar-refractivity contribution < 1.29 is 25.3 Å². The first-order chi connectivity index (χ1) is 6.31. The lowest BCUT2D eigenvalue weighted by atomic mass is 10.4. The number of sulfone groups is 1. The van der Waals surface area contributed by atoms with E-state index in [9.17, 15) is 8.42 Å². The summed E-state index contributed by atoms with van der Waals surface area (Å²) in [5, 5.41) is 0. The molecular formula is C10H16ClNO2S. The molecule has 0 saturated carbocycles. The number of halogens is 1. The number of quaternary nitrogens is 1. The molecule has 0 spiro atoms. The van der Waals surface area contributed by atoms with Crippen LogP contribution >= 0.6 is 0 Å². The molecule has 0 aliphatic carbocycles. The zero-order chi connectivity index (χ0) is 10.8. The lowest BCUT2D eigenvalue weighted by molar-refractivity contribution is -0.857. The second kappa shape index (κ2) is 4.96. The van der Waals surface area contributed by atoms with Crippen LogP contribution in [0.4, 0.5) is 0 Å². The van der Waals surface area contributed by atoms with Gasteiger partial charge in [0.2, 0.25) is 9.84 Å². The van der Waals surface area contributed by atoms with Gasteiger partial charge < -0.3 is 16.9 Å². The molecule has 0 aromatic heterocycles. The fourth-order valence-electron chi connectivity index (χ4n) is 1.21. The van der Waals surface area contributed by atoms with Gasteiger partial charge in [-0.05, 0) is 12.1 Å². The Hall–Kier alpha value is -0.580. The van der Waals surface area contributed by atoms with E-state index in [-0.39, 0.29) is 18.3 Å². The third-order valence-corrected chi connectivity index (χ3v) is 3.76. The van der Waals surface area contributed by atoms with Gasteiger partial charge in [-0.3, -0.25) is 0 Å². The highest BCUT2D eigenvalue weighted by atomic mass is 35.5. The molecule has 86 valence electrons. The van der Waals surface area contributed by atoms with Gasteiger partial charge in [-0.25, -0.2) is 8.42 Å². The second-order valence-electron chi connectivity index (χ2n) is 4.35. The van der Waals surface area contributed by atoms with Crippen LogP contribution < -0.4 is 12.4 Å². The number of rotatable bonds is 3. The number of hydrogen-bond donors (Lipinski definition) is 0. The normalized spacial score (nSPS) is 11.9. The summed E-state index contributed by atoms with van der Waals surface area (Å²) in [7, 11) is 2.44. The van der Waals surface area contributed by atoms with Gasteiger partial charge in [-0.15, -0.1) is 0 Å². The van der Waals surface area contributed by atoms with Gasteiger partial charge in [-0.1, -0.05) is 18.2 Å². The van der Waals surface area contributed by atoms with Gasteiger partial charge in [0.05, 0.1) is 26.0 Å². The molecule has 0 unspecified atom stereocenters. The standard InChI is InChI=1S/C10H16NO2S.ClH/c1-11(2,3)9-14(12,13)10-7-5-4-6-8-10;/h4-8H,9H2,1-3H3;1H/q+1;/p-1. The lowest BCUT2D eigenvalue weighted by Crippen LogP contribution is -3.00. The quantitative estimate of drug-likeness (QED) is 0.589. The molecule has 1 aromatic carbocycles. The van der Waals surface area contributed by atoms with Crippen molar-refractivity contribution in [2.45, 2.75) is 4.90 Å². The van der Waals surface area contributed by atoms with Gasteiger partial charge in [0.25, 0.3) is 0 Å². The zero-order valence-electron chi connectivity index (χ0n) is 9.14. The summed E-state index contributed by atoms with van der Waals surface area (Å²) in [4.78, 5) is 0.396. The Morgan fingerprint density at radius 2 is 1.53 bits per heavy atom. The SMILES string of the molecule is C[N+](C)(C)CS(=O)(=O)c1ccccc1.[Cl-]. The van der Waals surface area contributed by atoms with Crippen molar-refractivity contribution in [3.63, 3.8) is 0 Å². The molecule has 5 heteroatoms. The minimum atomic E-state index is -3.15. The fourth-order valence-corrected chi connectivity index (χ4v) is 2.95. The summed E-state index contributed by atoms with van der Waals surface area (Å²) in [5.74, 6) is 0.122. The summed E-state index contributed by atoms with van der Waals surface area (Å²) >= 11 is 0. The van der Waals surface area contributed by atoms with Crippen molar-refractivity contribution in [2.75, 3.05) is 27.0 Å². The van der Waals surface area contributed by atoms with Crippen molar-refractivity contribution in [3.05, 3.63) is 30.3 Å². The molecule has 0 amide bonds. The molecule has 1 rings (SSSR count). The maximum absolute atomic E-state index is 11.8. The molecule has 1 aromatic rings. The number of benzene rings is 1. The smallest absolute Gasteiger partial charge is 0.228 e. The van der Waals surface area contributed by atoms with E-state index in [2.05, 4.69) is 0 Å². The molecule has 3 nitrogen and oxygen atoms in total. The molecular weight excluding hydrogens is 234 g/mol. The maximum atomic E-state index is 11.8. The van der Waals surface area contributed by atoms with E-state index < -0.39 is 9.84 Å². The summed E-state index contributed by atoms with van der Waals surface area (Å²) < 4.78 is 24.1. The number of hydrogen-bond acceptors (Lipinski definition) is 2. The van der Waals surface area contributed by atoms with E-state index in [0.717, 1.165) is 0 Å². The number of nitrogens with zero attached hydrogens (tertiary/aromatic N) is 1. The molecule has 0 aliphatic rings. The van der Waals surface area contributed by atoms with Crippen LogP contribution in [0.25, 0.3) is 0 Å². The van der Waals surface area contributed by atoms with E-state index in [4.69, 9.17) is 0 Å². The van der Waals surface area contributed by atoms with Crippen LogP contribution in [0.15, 0.2) is 35.2 Å². The molecule has 0 N–H and O–H groups in total. The topological polar surface area (TPSA) is 34.1 Å². The average Bonchev–Trinajstić information content (AvgIpc) is 2.01. The molecule has 0 aliphatic heterocycles. The summed E-state index contributed by atoms with van der Waals surface area (Å²) in [6.45, 7) is 0. The Labute approximate surface area is 97.6 Å². The molecule has 0 fully saturated rings. The molecule has 0 heterocycles. The van der Waals surface area contributed by atoms with E-state index in [1.807, 2.05) is 27.2 Å². The van der Waals surface area contributed by atoms with Crippen molar-refractivity contribution in [2.24, 2.45) is 0 Å². The first kappa shape index (κ1) is 14.4. The molecule has 0 radical (unpaired) electrons. The van der Waals surface area contributed by atoms with Crippen LogP contribution in [-0.2, 0) is 9.84 Å². The third-order valence-electron chi connectivity index (χ3n) is 1.66. The lowest BCUT2D eigenvalue weighted by Gasteiger charge is -2.23. The highest BCUT2D eigenvalue weighted by Crippen LogP contribution is 2.12. The van der Waals surface area contributed by atoms with Gasteiger partial charge in [0.1, 0.15) is 0 Å². The molecule has 0 saturated heterocycles. The Balaban J connectivity index is 0.00000196. The summed E-state index contributed by atoms with van der Waals surface area (Å²) in [5.41, 5.74) is 0. The minimum absolute atomic E-state index is 0. The van der Waals surface area contributed by atoms with Gasteiger partial charge in [0.15, 0.2) is 5.88 Å². The molecule has 0 atom stereocenters. The first-order valence-corrected chi connectivity index (χ1v) is 6.05. The first-order valence-electron chi connectivity index (χ1n) is 4.39. The van der Waals surface area contributed by atoms with Crippen LogP contribution in [0.2, 0.25) is 0 Å². The van der Waals surface area contributed by atoms with Crippen LogP contribution in [0, 0.1) is 0 Å². The van der Waals surface area contributed by atoms with Crippen molar-refractivity contribution in [1.29, 1.82) is 0 Å². The Morgan fingerprint density at radius 3 is 1.93 bits per heavy atom. The monoisotopic (exact) mass is 249 g/mol. The maximum Gasteiger partial charge on any atom is 0.228 e. The largest absolute Gasteiger partial charge is 1.00 e. The van der Waals surface area contributed by atoms with E-state index in [1.165, 1.54) is 0 Å². The zero-order valence-corrected chi connectivity index (χ0v) is 10.7. The average molecular weight is 250 g/mol. The predicted octanol–water partition coefficient (Wildman–Crippen LogP) is -1.87. The highest BCUT2D eigenvalue weighted by Gasteiger charge is 2.22. The van der Waals surface area contributed by atoms with E-state index in [1.54, 1.807) is 24.3 Å². The summed E-state index contributed by atoms with van der Waals surface area (Å²) in [6.07, 6.45) is 0. The van der Waals surface area contributed by atoms with Crippen molar-refractivity contribution in [3.8, 4) is 0 Å². The Bertz CT molecular complexity index is 395. The van der Waals surface area contributed by atoms with Crippen molar-refractivity contribution in [1.82, 2.24) is 0 Å². The summed E-state index contributed by atoms with van der Waals surface area (Å²) in [6, 6.07) is 8.55. The van der Waals surface area contributed by atoms with Crippen LogP contribution in [0.1, 0.15) is 0 Å². The van der Waals surface area contributed by atoms with Gasteiger partial charge in [-0.2, -0.15) is 0 Å². The van der Waals surface area contributed by atoms with Gasteiger partial charge in [0, 0.05) is 0 Å². The van der Waals surface area contributed by atoms with Gasteiger partial charge >= 0.3 is 0 Å². The molecule has 15 heavy (non-hydrogen) atoms. The third kappa shape index (κ3) is 4.64. The van der Waals surface area contributed by atoms with E-state index in [0.29, 0.717) is 9.38 Å². The van der Waals surface area contributed by atoms with Crippen LogP contribution in [0.3, 0.4) is 0 Å². The second-order valence-corrected chi connectivity index (χ2v) is 6.31. The Morgan fingerprint density at radius 1 is 1.07 bits per heavy atom.